The van der Waals surface area contributed by atoms with Gasteiger partial charge in [0.15, 0.2) is 0 Å². The van der Waals surface area contributed by atoms with E-state index in [0.717, 1.165) is 4.57 Å². The summed E-state index contributed by atoms with van der Waals surface area (Å²) in [4.78, 5) is 39.3. The quantitative estimate of drug-likeness (QED) is 0.849. The fraction of sp³-hybridized carbons (Fsp3) is 0.625. The van der Waals surface area contributed by atoms with Crippen LogP contribution in [0.5, 0.6) is 0 Å². The van der Waals surface area contributed by atoms with Crippen LogP contribution in [0.1, 0.15) is 47.4 Å². The van der Waals surface area contributed by atoms with Crippen LogP contribution < -0.4 is 5.32 Å². The molecule has 9 heteroatoms. The third-order valence-electron chi connectivity index (χ3n) is 2.68. The van der Waals surface area contributed by atoms with E-state index in [-0.39, 0.29) is 12.2 Å². The van der Waals surface area contributed by atoms with Gasteiger partial charge in [-0.2, -0.15) is 0 Å². The zero-order valence-corrected chi connectivity index (χ0v) is 15.3. The molecule has 0 spiro atoms. The van der Waals surface area contributed by atoms with E-state index >= 15 is 0 Å². The Morgan fingerprint density at radius 1 is 1.16 bits per heavy atom. The molecule has 1 unspecified atom stereocenters. The average molecular weight is 355 g/mol. The highest BCUT2D eigenvalue weighted by Crippen LogP contribution is 2.12. The Labute approximate surface area is 146 Å². The molecule has 140 valence electrons. The molecule has 1 aromatic rings. The minimum absolute atomic E-state index is 0.151. The molecule has 0 saturated carbocycles. The summed E-state index contributed by atoms with van der Waals surface area (Å²) in [6.07, 6.45) is 0.971. The van der Waals surface area contributed by atoms with Crippen LogP contribution in [0.3, 0.4) is 0 Å². The number of nitrogens with zero attached hydrogens (tertiary/aromatic N) is 2. The summed E-state index contributed by atoms with van der Waals surface area (Å²) in [6.45, 7) is 10.1. The van der Waals surface area contributed by atoms with Crippen LogP contribution >= 0.6 is 0 Å². The first kappa shape index (κ1) is 20.5. The maximum atomic E-state index is 12.1. The Morgan fingerprint density at radius 3 is 2.20 bits per heavy atom. The van der Waals surface area contributed by atoms with Crippen LogP contribution in [-0.2, 0) is 20.7 Å². The van der Waals surface area contributed by atoms with E-state index in [1.54, 1.807) is 41.5 Å². The van der Waals surface area contributed by atoms with Gasteiger partial charge in [0.2, 0.25) is 0 Å². The molecule has 9 nitrogen and oxygen atoms in total. The second-order valence-electron chi connectivity index (χ2n) is 7.43. The number of alkyl carbamates (subject to hydrolysis) is 1. The number of imidazole rings is 1. The highest BCUT2D eigenvalue weighted by atomic mass is 16.6. The average Bonchev–Trinajstić information content (AvgIpc) is 2.81. The fourth-order valence-electron chi connectivity index (χ4n) is 1.80. The van der Waals surface area contributed by atoms with Crippen LogP contribution in [0.15, 0.2) is 12.4 Å². The summed E-state index contributed by atoms with van der Waals surface area (Å²) in [5.74, 6) is -1.12. The molecule has 25 heavy (non-hydrogen) atoms. The van der Waals surface area contributed by atoms with Crippen molar-refractivity contribution < 1.29 is 29.0 Å². The number of hydrogen-bond acceptors (Lipinski definition) is 6. The maximum Gasteiger partial charge on any atom is 0.419 e. The molecule has 0 aliphatic rings. The number of aromatic nitrogens is 2. The number of carboxylic acids is 1. The van der Waals surface area contributed by atoms with E-state index < -0.39 is 35.4 Å². The van der Waals surface area contributed by atoms with Crippen LogP contribution in [0.25, 0.3) is 0 Å². The molecule has 1 atom stereocenters. The smallest absolute Gasteiger partial charge is 0.419 e. The molecule has 2 N–H and O–H groups in total. The molecule has 1 aromatic heterocycles. The van der Waals surface area contributed by atoms with Gasteiger partial charge in [0.25, 0.3) is 0 Å². The van der Waals surface area contributed by atoms with Gasteiger partial charge in [0.05, 0.1) is 0 Å². The van der Waals surface area contributed by atoms with Gasteiger partial charge in [-0.15, -0.1) is 0 Å². The number of carbonyl (C=O) groups excluding carboxylic acids is 2. The van der Waals surface area contributed by atoms with Crippen LogP contribution in [0.4, 0.5) is 9.59 Å². The molecular formula is C16H25N3O6. The molecular weight excluding hydrogens is 330 g/mol. The molecule has 0 aromatic carbocycles. The second kappa shape index (κ2) is 7.54. The van der Waals surface area contributed by atoms with Crippen molar-refractivity contribution >= 4 is 18.2 Å². The molecule has 0 saturated heterocycles. The van der Waals surface area contributed by atoms with Gasteiger partial charge in [0, 0.05) is 18.8 Å². The second-order valence-corrected chi connectivity index (χ2v) is 7.43. The first-order chi connectivity index (χ1) is 11.3. The molecule has 1 rings (SSSR count). The predicted octanol–water partition coefficient (Wildman–Crippen LogP) is 2.19. The van der Waals surface area contributed by atoms with E-state index in [0.29, 0.717) is 0 Å². The van der Waals surface area contributed by atoms with Gasteiger partial charge < -0.3 is 19.9 Å². The molecule has 0 bridgehead atoms. The number of carboxylic acid groups (broad SMARTS) is 1. The summed E-state index contributed by atoms with van der Waals surface area (Å²) < 4.78 is 11.4. The SMILES string of the molecule is CC(C)(C)OC(=O)NC(Cc1nccn1C(=O)OC(C)(C)C)C(=O)O. The van der Waals surface area contributed by atoms with Crippen molar-refractivity contribution in [3.05, 3.63) is 18.2 Å². The number of ether oxygens (including phenoxy) is 2. The monoisotopic (exact) mass is 355 g/mol. The number of aliphatic carboxylic acids is 1. The maximum absolute atomic E-state index is 12.1. The summed E-state index contributed by atoms with van der Waals surface area (Å²) in [7, 11) is 0. The number of hydrogen-bond donors (Lipinski definition) is 2. The van der Waals surface area contributed by atoms with Crippen molar-refractivity contribution in [3.8, 4) is 0 Å². The summed E-state index contributed by atoms with van der Waals surface area (Å²) in [6, 6.07) is -1.31. The summed E-state index contributed by atoms with van der Waals surface area (Å²) in [5, 5.41) is 11.6. The lowest BCUT2D eigenvalue weighted by molar-refractivity contribution is -0.139. The van der Waals surface area contributed by atoms with Crippen LogP contribution in [0, 0.1) is 0 Å². The van der Waals surface area contributed by atoms with Crippen molar-refractivity contribution in [2.75, 3.05) is 0 Å². The molecule has 1 amide bonds. The van der Waals surface area contributed by atoms with Gasteiger partial charge in [-0.25, -0.2) is 23.9 Å². The molecule has 1 heterocycles. The summed E-state index contributed by atoms with van der Waals surface area (Å²) in [5.41, 5.74) is -1.47. The Kier molecular flexibility index (Phi) is 6.17. The Balaban J connectivity index is 2.87. The van der Waals surface area contributed by atoms with Crippen molar-refractivity contribution in [2.24, 2.45) is 0 Å². The third-order valence-corrected chi connectivity index (χ3v) is 2.68. The largest absolute Gasteiger partial charge is 0.480 e. The van der Waals surface area contributed by atoms with E-state index in [2.05, 4.69) is 10.3 Å². The molecule has 0 aliphatic carbocycles. The first-order valence-corrected chi connectivity index (χ1v) is 7.76. The van der Waals surface area contributed by atoms with E-state index in [1.807, 2.05) is 0 Å². The van der Waals surface area contributed by atoms with Crippen molar-refractivity contribution in [1.29, 1.82) is 0 Å². The summed E-state index contributed by atoms with van der Waals surface area (Å²) >= 11 is 0. The minimum Gasteiger partial charge on any atom is -0.480 e. The lowest BCUT2D eigenvalue weighted by Crippen LogP contribution is -2.45. The van der Waals surface area contributed by atoms with Crippen molar-refractivity contribution in [3.63, 3.8) is 0 Å². The number of amides is 1. The Hall–Kier alpha value is -2.58. The van der Waals surface area contributed by atoms with Crippen LogP contribution in [-0.4, -0.2) is 50.1 Å². The van der Waals surface area contributed by atoms with E-state index in [1.165, 1.54) is 12.4 Å². The number of rotatable bonds is 4. The van der Waals surface area contributed by atoms with Gasteiger partial charge in [-0.05, 0) is 41.5 Å². The van der Waals surface area contributed by atoms with Gasteiger partial charge >= 0.3 is 18.2 Å². The van der Waals surface area contributed by atoms with Gasteiger partial charge in [-0.1, -0.05) is 0 Å². The normalized spacial score (nSPS) is 13.0. The lowest BCUT2D eigenvalue weighted by Gasteiger charge is -2.22. The predicted molar refractivity (Wildman–Crippen MR) is 88.4 cm³/mol. The Morgan fingerprint density at radius 2 is 1.72 bits per heavy atom. The minimum atomic E-state index is -1.31. The van der Waals surface area contributed by atoms with Gasteiger partial charge in [-0.3, -0.25) is 0 Å². The first-order valence-electron chi connectivity index (χ1n) is 7.76. The molecule has 0 radical (unpaired) electrons. The lowest BCUT2D eigenvalue weighted by atomic mass is 10.2. The highest BCUT2D eigenvalue weighted by Gasteiger charge is 2.27. The number of nitrogens with one attached hydrogen (secondary N) is 1. The van der Waals surface area contributed by atoms with Gasteiger partial charge in [0.1, 0.15) is 23.1 Å². The third kappa shape index (κ3) is 7.23. The molecule has 0 aliphatic heterocycles. The van der Waals surface area contributed by atoms with E-state index in [9.17, 15) is 19.5 Å². The van der Waals surface area contributed by atoms with Crippen LogP contribution in [0.2, 0.25) is 0 Å². The fourth-order valence-corrected chi connectivity index (χ4v) is 1.80. The molecule has 0 fully saturated rings. The Bertz CT molecular complexity index is 639. The standard InChI is InChI=1S/C16H25N3O6/c1-15(2,3)24-13(22)18-10(12(20)21)9-11-17-7-8-19(11)14(23)25-16(4,5)6/h7-8,10H,9H2,1-6H3,(H,18,22)(H,20,21). The number of carbonyl (C=O) groups is 3. The van der Waals surface area contributed by atoms with Crippen molar-refractivity contribution in [1.82, 2.24) is 14.9 Å². The zero-order valence-electron chi connectivity index (χ0n) is 15.3. The topological polar surface area (TPSA) is 120 Å². The van der Waals surface area contributed by atoms with E-state index in [4.69, 9.17) is 9.47 Å². The van der Waals surface area contributed by atoms with Crippen molar-refractivity contribution in [2.45, 2.75) is 65.2 Å². The highest BCUT2D eigenvalue weighted by molar-refractivity contribution is 5.80. The zero-order chi connectivity index (χ0) is 19.4.